The van der Waals surface area contributed by atoms with Crippen molar-refractivity contribution in [3.63, 3.8) is 0 Å². The fraction of sp³-hybridized carbons (Fsp3) is 0.474. The van der Waals surface area contributed by atoms with Gasteiger partial charge in [-0.05, 0) is 36.8 Å². The lowest BCUT2D eigenvalue weighted by Crippen LogP contribution is -2.37. The lowest BCUT2D eigenvalue weighted by Gasteiger charge is -2.14. The average Bonchev–Trinajstić information content (AvgIpc) is 3.37. The predicted molar refractivity (Wildman–Crippen MR) is 115 cm³/mol. The van der Waals surface area contributed by atoms with Crippen molar-refractivity contribution in [2.75, 3.05) is 20.2 Å². The molecule has 1 fully saturated rings. The number of halogens is 1. The van der Waals surface area contributed by atoms with E-state index in [1.165, 1.54) is 18.4 Å². The number of hydrogen-bond acceptors (Lipinski definition) is 3. The number of nitrogens with one attached hydrogen (secondary N) is 2. The van der Waals surface area contributed by atoms with Crippen LogP contribution >= 0.6 is 24.0 Å². The fourth-order valence-corrected chi connectivity index (χ4v) is 2.61. The monoisotopic (exact) mass is 469 g/mol. The first kappa shape index (κ1) is 20.5. The van der Waals surface area contributed by atoms with Crippen LogP contribution in [0.1, 0.15) is 24.0 Å². The molecule has 3 rings (SSSR count). The van der Waals surface area contributed by atoms with E-state index >= 15 is 0 Å². The van der Waals surface area contributed by atoms with Crippen molar-refractivity contribution in [2.24, 2.45) is 18.0 Å². The second-order valence-corrected chi connectivity index (χ2v) is 6.49. The van der Waals surface area contributed by atoms with Gasteiger partial charge in [0.25, 0.3) is 0 Å². The predicted octanol–water partition coefficient (Wildman–Crippen LogP) is 2.73. The van der Waals surface area contributed by atoms with Crippen molar-refractivity contribution in [1.29, 1.82) is 0 Å². The van der Waals surface area contributed by atoms with Gasteiger partial charge in [0.15, 0.2) is 5.96 Å². The van der Waals surface area contributed by atoms with Gasteiger partial charge in [-0.15, -0.1) is 24.0 Å². The topological polar surface area (TPSA) is 63.5 Å². The molecule has 0 spiro atoms. The first-order valence-corrected chi connectivity index (χ1v) is 8.87. The SMILES string of the molecule is CN=C(NCCc1cnn(C)c1)NCc1ccccc1OCC1CC1.I. The smallest absolute Gasteiger partial charge is 0.191 e. The minimum Gasteiger partial charge on any atom is -0.493 e. The van der Waals surface area contributed by atoms with Crippen LogP contribution in [0, 0.1) is 5.92 Å². The minimum absolute atomic E-state index is 0. The summed E-state index contributed by atoms with van der Waals surface area (Å²) in [7, 11) is 3.72. The molecule has 2 N–H and O–H groups in total. The largest absolute Gasteiger partial charge is 0.493 e. The van der Waals surface area contributed by atoms with Gasteiger partial charge in [-0.3, -0.25) is 9.67 Å². The minimum atomic E-state index is 0. The van der Waals surface area contributed by atoms with Gasteiger partial charge in [-0.1, -0.05) is 18.2 Å². The molecule has 6 nitrogen and oxygen atoms in total. The Labute approximate surface area is 172 Å². The van der Waals surface area contributed by atoms with E-state index in [4.69, 9.17) is 4.74 Å². The molecule has 1 heterocycles. The van der Waals surface area contributed by atoms with Crippen LogP contribution in [0.25, 0.3) is 0 Å². The zero-order valence-electron chi connectivity index (χ0n) is 15.4. The van der Waals surface area contributed by atoms with Gasteiger partial charge in [0.1, 0.15) is 5.75 Å². The van der Waals surface area contributed by atoms with Gasteiger partial charge in [-0.2, -0.15) is 5.10 Å². The highest BCUT2D eigenvalue weighted by Crippen LogP contribution is 2.30. The summed E-state index contributed by atoms with van der Waals surface area (Å²) in [5, 5.41) is 10.9. The Bertz CT molecular complexity index is 711. The summed E-state index contributed by atoms with van der Waals surface area (Å²) in [6.45, 7) is 2.33. The zero-order chi connectivity index (χ0) is 17.5. The number of aryl methyl sites for hydroxylation is 1. The summed E-state index contributed by atoms with van der Waals surface area (Å²) in [6.07, 6.45) is 7.44. The maximum absolute atomic E-state index is 5.96. The molecule has 1 aliphatic carbocycles. The van der Waals surface area contributed by atoms with E-state index < -0.39 is 0 Å². The van der Waals surface area contributed by atoms with E-state index in [9.17, 15) is 0 Å². The molecule has 26 heavy (non-hydrogen) atoms. The molecular weight excluding hydrogens is 441 g/mol. The van der Waals surface area contributed by atoms with Crippen LogP contribution in [-0.2, 0) is 20.0 Å². The Morgan fingerprint density at radius 3 is 2.81 bits per heavy atom. The Hall–Kier alpha value is -1.77. The van der Waals surface area contributed by atoms with Gasteiger partial charge < -0.3 is 15.4 Å². The molecule has 1 saturated carbocycles. The fourth-order valence-electron chi connectivity index (χ4n) is 2.61. The van der Waals surface area contributed by atoms with Gasteiger partial charge in [0, 0.05) is 38.9 Å². The van der Waals surface area contributed by atoms with Crippen molar-refractivity contribution in [3.05, 3.63) is 47.8 Å². The Morgan fingerprint density at radius 2 is 2.12 bits per heavy atom. The normalized spacial score (nSPS) is 13.8. The third kappa shape index (κ3) is 6.51. The maximum atomic E-state index is 5.96. The van der Waals surface area contributed by atoms with Gasteiger partial charge in [0.05, 0.1) is 12.8 Å². The number of aromatic nitrogens is 2. The van der Waals surface area contributed by atoms with Gasteiger partial charge in [-0.25, -0.2) is 0 Å². The summed E-state index contributed by atoms with van der Waals surface area (Å²) in [6, 6.07) is 8.20. The lowest BCUT2D eigenvalue weighted by atomic mass is 10.2. The first-order chi connectivity index (χ1) is 12.2. The number of rotatable bonds is 8. The van der Waals surface area contributed by atoms with E-state index in [0.717, 1.165) is 42.8 Å². The van der Waals surface area contributed by atoms with Crippen LogP contribution in [0.5, 0.6) is 5.75 Å². The zero-order valence-corrected chi connectivity index (χ0v) is 17.8. The number of nitrogens with zero attached hydrogens (tertiary/aromatic N) is 3. The van der Waals surface area contributed by atoms with Crippen molar-refractivity contribution in [2.45, 2.75) is 25.8 Å². The molecule has 0 amide bonds. The molecule has 1 aromatic carbocycles. The number of para-hydroxylation sites is 1. The molecule has 7 heteroatoms. The van der Waals surface area contributed by atoms with Crippen LogP contribution in [0.15, 0.2) is 41.7 Å². The van der Waals surface area contributed by atoms with Crippen LogP contribution in [-0.4, -0.2) is 35.9 Å². The van der Waals surface area contributed by atoms with Crippen LogP contribution in [0.2, 0.25) is 0 Å². The number of benzene rings is 1. The van der Waals surface area contributed by atoms with E-state index in [1.54, 1.807) is 7.05 Å². The molecule has 1 aliphatic rings. The Morgan fingerprint density at radius 1 is 1.31 bits per heavy atom. The molecule has 0 unspecified atom stereocenters. The second-order valence-electron chi connectivity index (χ2n) is 6.49. The molecule has 0 saturated heterocycles. The summed E-state index contributed by atoms with van der Waals surface area (Å²) < 4.78 is 7.78. The summed E-state index contributed by atoms with van der Waals surface area (Å²) in [5.74, 6) is 2.51. The second kappa shape index (κ2) is 10.4. The van der Waals surface area contributed by atoms with Gasteiger partial charge in [0.2, 0.25) is 0 Å². The van der Waals surface area contributed by atoms with Crippen molar-refractivity contribution < 1.29 is 4.74 Å². The number of ether oxygens (including phenoxy) is 1. The number of guanidine groups is 1. The van der Waals surface area contributed by atoms with Crippen molar-refractivity contribution in [1.82, 2.24) is 20.4 Å². The maximum Gasteiger partial charge on any atom is 0.191 e. The third-order valence-corrected chi connectivity index (χ3v) is 4.28. The third-order valence-electron chi connectivity index (χ3n) is 4.28. The van der Waals surface area contributed by atoms with Crippen LogP contribution < -0.4 is 15.4 Å². The molecule has 0 aliphatic heterocycles. The van der Waals surface area contributed by atoms with Crippen molar-refractivity contribution in [3.8, 4) is 5.75 Å². The van der Waals surface area contributed by atoms with Crippen LogP contribution in [0.3, 0.4) is 0 Å². The standard InChI is InChI=1S/C19H27N5O.HI/c1-20-19(21-10-9-16-11-23-24(2)13-16)22-12-17-5-3-4-6-18(17)25-14-15-7-8-15;/h3-6,11,13,15H,7-10,12,14H2,1-2H3,(H2,20,21,22);1H. The molecule has 0 bridgehead atoms. The molecule has 1 aromatic heterocycles. The number of hydrogen-bond donors (Lipinski definition) is 2. The van der Waals surface area contributed by atoms with Crippen LogP contribution in [0.4, 0.5) is 0 Å². The highest BCUT2D eigenvalue weighted by molar-refractivity contribution is 14.0. The van der Waals surface area contributed by atoms with Gasteiger partial charge >= 0.3 is 0 Å². The summed E-state index contributed by atoms with van der Waals surface area (Å²) in [4.78, 5) is 4.29. The molecule has 2 aromatic rings. The van der Waals surface area contributed by atoms with E-state index in [1.807, 2.05) is 42.3 Å². The van der Waals surface area contributed by atoms with E-state index in [-0.39, 0.29) is 24.0 Å². The molecule has 142 valence electrons. The van der Waals surface area contributed by atoms with E-state index in [0.29, 0.717) is 6.54 Å². The molecular formula is C19H28IN5O. The van der Waals surface area contributed by atoms with Crippen molar-refractivity contribution >= 4 is 29.9 Å². The quantitative estimate of drug-likeness (QED) is 0.355. The molecule has 0 radical (unpaired) electrons. The highest BCUT2D eigenvalue weighted by atomic mass is 127. The Balaban J connectivity index is 0.00000243. The first-order valence-electron chi connectivity index (χ1n) is 8.87. The summed E-state index contributed by atoms with van der Waals surface area (Å²) >= 11 is 0. The summed E-state index contributed by atoms with van der Waals surface area (Å²) in [5.41, 5.74) is 2.36. The molecule has 0 atom stereocenters. The number of aliphatic imine (C=N–C) groups is 1. The highest BCUT2D eigenvalue weighted by Gasteiger charge is 2.22. The lowest BCUT2D eigenvalue weighted by molar-refractivity contribution is 0.296. The average molecular weight is 469 g/mol. The Kier molecular flexibility index (Phi) is 8.21. The van der Waals surface area contributed by atoms with E-state index in [2.05, 4.69) is 26.8 Å².